The van der Waals surface area contributed by atoms with Gasteiger partial charge in [0.15, 0.2) is 5.82 Å². The normalized spacial score (nSPS) is 16.2. The molecule has 2 N–H and O–H groups in total. The van der Waals surface area contributed by atoms with E-state index in [1.165, 1.54) is 0 Å². The third-order valence-corrected chi connectivity index (χ3v) is 6.22. The summed E-state index contributed by atoms with van der Waals surface area (Å²) in [6.07, 6.45) is 0.948. The lowest BCUT2D eigenvalue weighted by Gasteiger charge is -2.35. The lowest BCUT2D eigenvalue weighted by Crippen LogP contribution is -2.41. The van der Waals surface area contributed by atoms with Gasteiger partial charge in [0.1, 0.15) is 11.8 Å². The SMILES string of the molecule is COc1ccc2cc(C(c3nnnn3Cc3ccccc3)N3CCC(O)CC3)c(=O)[nH]c2c1. The molecule has 0 saturated carbocycles. The Balaban J connectivity index is 1.60. The average molecular weight is 447 g/mol. The first-order chi connectivity index (χ1) is 16.1. The number of methoxy groups -OCH3 is 1. The molecule has 0 amide bonds. The van der Waals surface area contributed by atoms with Crippen LogP contribution in [0.4, 0.5) is 0 Å². The molecule has 0 spiro atoms. The molecule has 1 unspecified atom stereocenters. The number of nitrogens with zero attached hydrogens (tertiary/aromatic N) is 5. The first-order valence-electron chi connectivity index (χ1n) is 11.1. The molecule has 0 aliphatic carbocycles. The molecule has 4 aromatic rings. The number of rotatable bonds is 6. The monoisotopic (exact) mass is 446 g/mol. The van der Waals surface area contributed by atoms with Crippen molar-refractivity contribution < 1.29 is 9.84 Å². The number of ether oxygens (including phenoxy) is 1. The molecule has 5 rings (SSSR count). The Morgan fingerprint density at radius 3 is 2.70 bits per heavy atom. The number of aromatic amines is 1. The third-order valence-electron chi connectivity index (χ3n) is 6.22. The smallest absolute Gasteiger partial charge is 0.253 e. The number of aliphatic hydroxyl groups is 1. The fourth-order valence-electron chi connectivity index (χ4n) is 4.45. The van der Waals surface area contributed by atoms with Crippen molar-refractivity contribution in [1.29, 1.82) is 0 Å². The standard InChI is InChI=1S/C24H26N6O3/c1-33-19-8-7-17-13-20(24(32)25-21(17)14-19)22(29-11-9-18(31)10-12-29)23-26-27-28-30(23)15-16-5-3-2-4-6-16/h2-8,13-14,18,22,31H,9-12,15H2,1H3,(H,25,32). The lowest BCUT2D eigenvalue weighted by molar-refractivity contribution is 0.0659. The van der Waals surface area contributed by atoms with Crippen LogP contribution in [0.3, 0.4) is 0 Å². The van der Waals surface area contributed by atoms with Crippen LogP contribution in [0.25, 0.3) is 10.9 Å². The number of hydrogen-bond donors (Lipinski definition) is 2. The maximum Gasteiger partial charge on any atom is 0.253 e. The van der Waals surface area contributed by atoms with Crippen LogP contribution < -0.4 is 10.3 Å². The van der Waals surface area contributed by atoms with E-state index in [-0.39, 0.29) is 11.7 Å². The summed E-state index contributed by atoms with van der Waals surface area (Å²) in [6, 6.07) is 17.0. The summed E-state index contributed by atoms with van der Waals surface area (Å²) >= 11 is 0. The predicted octanol–water partition coefficient (Wildman–Crippen LogP) is 2.12. The molecule has 2 aromatic heterocycles. The van der Waals surface area contributed by atoms with Gasteiger partial charge in [0, 0.05) is 24.7 Å². The number of hydrogen-bond acceptors (Lipinski definition) is 7. The van der Waals surface area contributed by atoms with Crippen molar-refractivity contribution in [3.05, 3.63) is 81.9 Å². The Labute approximate surface area is 190 Å². The van der Waals surface area contributed by atoms with E-state index in [0.29, 0.717) is 55.1 Å². The number of aromatic nitrogens is 5. The zero-order valence-electron chi connectivity index (χ0n) is 18.4. The van der Waals surface area contributed by atoms with Crippen LogP contribution in [0.1, 0.15) is 35.8 Å². The predicted molar refractivity (Wildman–Crippen MR) is 123 cm³/mol. The van der Waals surface area contributed by atoms with E-state index < -0.39 is 6.04 Å². The summed E-state index contributed by atoms with van der Waals surface area (Å²) in [5, 5.41) is 23.5. The molecule has 1 fully saturated rings. The number of nitrogens with one attached hydrogen (secondary N) is 1. The molecular weight excluding hydrogens is 420 g/mol. The van der Waals surface area contributed by atoms with E-state index in [9.17, 15) is 9.90 Å². The van der Waals surface area contributed by atoms with Gasteiger partial charge < -0.3 is 14.8 Å². The van der Waals surface area contributed by atoms with Gasteiger partial charge >= 0.3 is 0 Å². The number of tetrazole rings is 1. The summed E-state index contributed by atoms with van der Waals surface area (Å²) in [5.74, 6) is 1.29. The second-order valence-electron chi connectivity index (χ2n) is 8.36. The molecule has 0 radical (unpaired) electrons. The number of fused-ring (bicyclic) bond motifs is 1. The van der Waals surface area contributed by atoms with E-state index in [4.69, 9.17) is 4.74 Å². The minimum absolute atomic E-state index is 0.193. The van der Waals surface area contributed by atoms with Crippen molar-refractivity contribution in [3.8, 4) is 5.75 Å². The Morgan fingerprint density at radius 1 is 1.15 bits per heavy atom. The van der Waals surface area contributed by atoms with Gasteiger partial charge in [-0.15, -0.1) is 5.10 Å². The van der Waals surface area contributed by atoms with E-state index in [0.717, 1.165) is 10.9 Å². The van der Waals surface area contributed by atoms with Crippen LogP contribution in [-0.4, -0.2) is 61.5 Å². The Hall–Kier alpha value is -3.56. The Bertz CT molecular complexity index is 1290. The second kappa shape index (κ2) is 9.13. The Morgan fingerprint density at radius 2 is 1.94 bits per heavy atom. The minimum Gasteiger partial charge on any atom is -0.497 e. The topological polar surface area (TPSA) is 109 Å². The van der Waals surface area contributed by atoms with Gasteiger partial charge in [-0.25, -0.2) is 4.68 Å². The highest BCUT2D eigenvalue weighted by Gasteiger charge is 2.32. The van der Waals surface area contributed by atoms with Crippen LogP contribution in [0.2, 0.25) is 0 Å². The first-order valence-corrected chi connectivity index (χ1v) is 11.1. The maximum absolute atomic E-state index is 13.3. The van der Waals surface area contributed by atoms with E-state index in [1.54, 1.807) is 11.8 Å². The largest absolute Gasteiger partial charge is 0.497 e. The van der Waals surface area contributed by atoms with Gasteiger partial charge in [0.25, 0.3) is 5.56 Å². The highest BCUT2D eigenvalue weighted by Crippen LogP contribution is 2.30. The van der Waals surface area contributed by atoms with Crippen LogP contribution in [0.5, 0.6) is 5.75 Å². The number of benzene rings is 2. The van der Waals surface area contributed by atoms with Gasteiger partial charge in [-0.3, -0.25) is 9.69 Å². The summed E-state index contributed by atoms with van der Waals surface area (Å²) in [7, 11) is 1.60. The van der Waals surface area contributed by atoms with Crippen molar-refractivity contribution in [2.45, 2.75) is 31.5 Å². The van der Waals surface area contributed by atoms with Crippen LogP contribution in [0, 0.1) is 0 Å². The number of aliphatic hydroxyl groups excluding tert-OH is 1. The lowest BCUT2D eigenvalue weighted by atomic mass is 9.99. The number of H-pyrrole nitrogens is 1. The molecule has 170 valence electrons. The molecule has 1 saturated heterocycles. The average Bonchev–Trinajstić information content (AvgIpc) is 3.28. The second-order valence-corrected chi connectivity index (χ2v) is 8.36. The van der Waals surface area contributed by atoms with Gasteiger partial charge in [-0.2, -0.15) is 0 Å². The minimum atomic E-state index is -0.438. The number of likely N-dealkylation sites (tertiary alicyclic amines) is 1. The summed E-state index contributed by atoms with van der Waals surface area (Å²) in [6.45, 7) is 1.78. The number of pyridine rings is 1. The van der Waals surface area contributed by atoms with Crippen molar-refractivity contribution in [3.63, 3.8) is 0 Å². The summed E-state index contributed by atoms with van der Waals surface area (Å²) in [4.78, 5) is 18.5. The third kappa shape index (κ3) is 4.37. The quantitative estimate of drug-likeness (QED) is 0.467. The van der Waals surface area contributed by atoms with Gasteiger partial charge in [-0.05, 0) is 52.4 Å². The molecule has 9 nitrogen and oxygen atoms in total. The molecule has 9 heteroatoms. The molecule has 1 aliphatic rings. The van der Waals surface area contributed by atoms with E-state index in [2.05, 4.69) is 25.4 Å². The first kappa shape index (κ1) is 21.3. The maximum atomic E-state index is 13.3. The van der Waals surface area contributed by atoms with E-state index >= 15 is 0 Å². The van der Waals surface area contributed by atoms with Crippen molar-refractivity contribution in [2.75, 3.05) is 20.2 Å². The fraction of sp³-hybridized carbons (Fsp3) is 0.333. The number of piperidine rings is 1. The molecular formula is C24H26N6O3. The van der Waals surface area contributed by atoms with Crippen molar-refractivity contribution in [2.24, 2.45) is 0 Å². The highest BCUT2D eigenvalue weighted by molar-refractivity contribution is 5.80. The molecule has 33 heavy (non-hydrogen) atoms. The molecule has 1 aliphatic heterocycles. The zero-order chi connectivity index (χ0) is 22.8. The molecule has 3 heterocycles. The van der Waals surface area contributed by atoms with Gasteiger partial charge in [-0.1, -0.05) is 30.3 Å². The fourth-order valence-corrected chi connectivity index (χ4v) is 4.45. The zero-order valence-corrected chi connectivity index (χ0v) is 18.4. The molecule has 1 atom stereocenters. The summed E-state index contributed by atoms with van der Waals surface area (Å²) < 4.78 is 7.05. The molecule has 2 aromatic carbocycles. The van der Waals surface area contributed by atoms with Crippen LogP contribution in [-0.2, 0) is 6.54 Å². The van der Waals surface area contributed by atoms with Crippen LogP contribution in [0.15, 0.2) is 59.4 Å². The summed E-state index contributed by atoms with van der Waals surface area (Å²) in [5.41, 5.74) is 2.16. The van der Waals surface area contributed by atoms with Crippen molar-refractivity contribution in [1.82, 2.24) is 30.1 Å². The van der Waals surface area contributed by atoms with Crippen molar-refractivity contribution >= 4 is 10.9 Å². The van der Waals surface area contributed by atoms with Gasteiger partial charge in [0.05, 0.1) is 25.3 Å². The molecule has 0 bridgehead atoms. The Kier molecular flexibility index (Phi) is 5.89. The van der Waals surface area contributed by atoms with Gasteiger partial charge in [0.2, 0.25) is 0 Å². The van der Waals surface area contributed by atoms with Crippen LogP contribution >= 0.6 is 0 Å². The van der Waals surface area contributed by atoms with E-state index in [1.807, 2.05) is 54.6 Å². The highest BCUT2D eigenvalue weighted by atomic mass is 16.5.